The first kappa shape index (κ1) is 16.5. The lowest BCUT2D eigenvalue weighted by atomic mass is 10.3. The lowest BCUT2D eigenvalue weighted by molar-refractivity contribution is 0.0356. The van der Waals surface area contributed by atoms with Crippen LogP contribution in [0.1, 0.15) is 6.42 Å². The summed E-state index contributed by atoms with van der Waals surface area (Å²) in [7, 11) is 2.92. The van der Waals surface area contributed by atoms with Gasteiger partial charge in [-0.2, -0.15) is 4.98 Å². The molecule has 1 aliphatic rings. The second kappa shape index (κ2) is 7.05. The quantitative estimate of drug-likeness (QED) is 0.609. The van der Waals surface area contributed by atoms with Crippen LogP contribution < -0.4 is 16.0 Å². The first-order chi connectivity index (χ1) is 11.6. The average Bonchev–Trinajstić information content (AvgIpc) is 2.62. The number of ether oxygens (including phenoxy) is 2. The number of aryl methyl sites for hydroxylation is 1. The summed E-state index contributed by atoms with van der Waals surface area (Å²) >= 11 is 0. The molecule has 1 fully saturated rings. The third-order valence-electron chi connectivity index (χ3n) is 4.00. The molecule has 0 N–H and O–H groups in total. The number of nitrogens with zero attached hydrogens (tertiary/aromatic N) is 6. The normalized spacial score (nSPS) is 15.8. The van der Waals surface area contributed by atoms with E-state index in [9.17, 15) is 9.59 Å². The molecular weight excluding hydrogens is 316 g/mol. The molecule has 0 unspecified atom stereocenters. The van der Waals surface area contributed by atoms with E-state index in [1.807, 2.05) is 0 Å². The van der Waals surface area contributed by atoms with Crippen molar-refractivity contribution < 1.29 is 9.47 Å². The van der Waals surface area contributed by atoms with Gasteiger partial charge in [0.15, 0.2) is 11.2 Å². The minimum Gasteiger partial charge on any atom is -0.462 e. The first-order valence-corrected chi connectivity index (χ1v) is 7.81. The Morgan fingerprint density at radius 3 is 2.62 bits per heavy atom. The molecule has 0 bridgehead atoms. The minimum absolute atomic E-state index is 0.0419. The minimum atomic E-state index is -0.513. The van der Waals surface area contributed by atoms with Crippen LogP contribution in [0.15, 0.2) is 9.59 Å². The van der Waals surface area contributed by atoms with E-state index < -0.39 is 11.2 Å². The number of aromatic nitrogens is 5. The standard InChI is InChI=1S/C14H20N6O4/c1-18-11-10(12(21)19(2)14(18)22)15-13(17-16-11)24-7-3-4-20-5-8-23-9-6-20/h3-9H2,1-2H3. The van der Waals surface area contributed by atoms with Gasteiger partial charge in [-0.15, -0.1) is 5.10 Å². The lowest BCUT2D eigenvalue weighted by Gasteiger charge is -2.26. The van der Waals surface area contributed by atoms with E-state index in [2.05, 4.69) is 20.1 Å². The number of rotatable bonds is 5. The fraction of sp³-hybridized carbons (Fsp3) is 0.643. The van der Waals surface area contributed by atoms with Gasteiger partial charge in [0.25, 0.3) is 5.56 Å². The van der Waals surface area contributed by atoms with Gasteiger partial charge in [0.2, 0.25) is 0 Å². The largest absolute Gasteiger partial charge is 0.462 e. The van der Waals surface area contributed by atoms with Gasteiger partial charge in [-0.3, -0.25) is 18.8 Å². The van der Waals surface area contributed by atoms with Crippen LogP contribution >= 0.6 is 0 Å². The van der Waals surface area contributed by atoms with Crippen molar-refractivity contribution in [3.8, 4) is 6.01 Å². The van der Waals surface area contributed by atoms with E-state index >= 15 is 0 Å². The maximum atomic E-state index is 12.1. The fourth-order valence-corrected chi connectivity index (χ4v) is 2.57. The van der Waals surface area contributed by atoms with E-state index in [0.717, 1.165) is 43.8 Å². The smallest absolute Gasteiger partial charge is 0.336 e. The van der Waals surface area contributed by atoms with Crippen LogP contribution in [0.4, 0.5) is 0 Å². The predicted octanol–water partition coefficient (Wildman–Crippen LogP) is -1.48. The van der Waals surface area contributed by atoms with Gasteiger partial charge in [-0.25, -0.2) is 4.79 Å². The van der Waals surface area contributed by atoms with Crippen LogP contribution in [-0.2, 0) is 18.8 Å². The Morgan fingerprint density at radius 1 is 1.12 bits per heavy atom. The number of fused-ring (bicyclic) bond motifs is 1. The summed E-state index contributed by atoms with van der Waals surface area (Å²) in [6.45, 7) is 4.72. The van der Waals surface area contributed by atoms with Gasteiger partial charge in [0, 0.05) is 33.7 Å². The zero-order chi connectivity index (χ0) is 17.1. The van der Waals surface area contributed by atoms with Gasteiger partial charge in [0.05, 0.1) is 19.8 Å². The zero-order valence-electron chi connectivity index (χ0n) is 13.8. The van der Waals surface area contributed by atoms with Crippen molar-refractivity contribution in [2.45, 2.75) is 6.42 Å². The molecule has 0 aromatic carbocycles. The van der Waals surface area contributed by atoms with Crippen molar-refractivity contribution in [1.29, 1.82) is 0 Å². The van der Waals surface area contributed by atoms with Crippen molar-refractivity contribution in [2.24, 2.45) is 14.1 Å². The van der Waals surface area contributed by atoms with Crippen molar-refractivity contribution in [1.82, 2.24) is 29.2 Å². The van der Waals surface area contributed by atoms with Crippen LogP contribution in [0.3, 0.4) is 0 Å². The Kier molecular flexibility index (Phi) is 4.86. The van der Waals surface area contributed by atoms with Gasteiger partial charge in [0.1, 0.15) is 0 Å². The molecule has 10 nitrogen and oxygen atoms in total. The van der Waals surface area contributed by atoms with Crippen molar-refractivity contribution >= 4 is 11.2 Å². The molecule has 0 spiro atoms. The first-order valence-electron chi connectivity index (χ1n) is 7.81. The summed E-state index contributed by atoms with van der Waals surface area (Å²) in [6.07, 6.45) is 0.812. The van der Waals surface area contributed by atoms with Crippen LogP contribution in [0, 0.1) is 0 Å². The second-order valence-corrected chi connectivity index (χ2v) is 5.63. The topological polar surface area (TPSA) is 104 Å². The summed E-state index contributed by atoms with van der Waals surface area (Å²) in [4.78, 5) is 30.4. The van der Waals surface area contributed by atoms with Crippen LogP contribution in [0.25, 0.3) is 11.2 Å². The Balaban J connectivity index is 1.67. The van der Waals surface area contributed by atoms with Gasteiger partial charge >= 0.3 is 11.7 Å². The molecule has 130 valence electrons. The Labute approximate surface area is 137 Å². The SMILES string of the molecule is Cn1c(=O)c2nc(OCCCN3CCOCC3)nnc2n(C)c1=O. The van der Waals surface area contributed by atoms with Gasteiger partial charge in [-0.05, 0) is 6.42 Å². The Morgan fingerprint density at radius 2 is 1.88 bits per heavy atom. The summed E-state index contributed by atoms with van der Waals surface area (Å²) in [6, 6.07) is 0.0419. The zero-order valence-corrected chi connectivity index (χ0v) is 13.8. The van der Waals surface area contributed by atoms with E-state index in [-0.39, 0.29) is 17.2 Å². The summed E-state index contributed by atoms with van der Waals surface area (Å²) in [5.74, 6) is 0. The number of hydrogen-bond donors (Lipinski definition) is 0. The molecule has 0 atom stereocenters. The van der Waals surface area contributed by atoms with E-state index in [1.54, 1.807) is 0 Å². The highest BCUT2D eigenvalue weighted by Gasteiger charge is 2.14. The molecule has 24 heavy (non-hydrogen) atoms. The second-order valence-electron chi connectivity index (χ2n) is 5.63. The van der Waals surface area contributed by atoms with Crippen molar-refractivity contribution in [3.63, 3.8) is 0 Å². The van der Waals surface area contributed by atoms with Gasteiger partial charge in [-0.1, -0.05) is 5.10 Å². The van der Waals surface area contributed by atoms with Crippen molar-refractivity contribution in [2.75, 3.05) is 39.5 Å². The van der Waals surface area contributed by atoms with Crippen LogP contribution in [-0.4, -0.2) is 68.7 Å². The van der Waals surface area contributed by atoms with E-state index in [0.29, 0.717) is 6.61 Å². The number of morpholine rings is 1. The third kappa shape index (κ3) is 3.29. The van der Waals surface area contributed by atoms with Gasteiger partial charge < -0.3 is 9.47 Å². The predicted molar refractivity (Wildman–Crippen MR) is 85.2 cm³/mol. The van der Waals surface area contributed by atoms with Crippen molar-refractivity contribution in [3.05, 3.63) is 20.8 Å². The molecule has 1 saturated heterocycles. The monoisotopic (exact) mass is 336 g/mol. The van der Waals surface area contributed by atoms with Crippen LogP contribution in [0.2, 0.25) is 0 Å². The molecule has 2 aromatic heterocycles. The summed E-state index contributed by atoms with van der Waals surface area (Å²) in [5, 5.41) is 7.74. The molecule has 0 radical (unpaired) electrons. The highest BCUT2D eigenvalue weighted by molar-refractivity contribution is 5.67. The average molecular weight is 336 g/mol. The maximum Gasteiger partial charge on any atom is 0.336 e. The highest BCUT2D eigenvalue weighted by atomic mass is 16.5. The summed E-state index contributed by atoms with van der Waals surface area (Å²) in [5.41, 5.74) is -0.773. The molecule has 0 amide bonds. The molecule has 3 heterocycles. The Hall–Kier alpha value is -2.33. The Bertz CT molecular complexity index is 839. The third-order valence-corrected chi connectivity index (χ3v) is 4.00. The highest BCUT2D eigenvalue weighted by Crippen LogP contribution is 2.06. The molecular formula is C14H20N6O4. The lowest BCUT2D eigenvalue weighted by Crippen LogP contribution is -2.38. The maximum absolute atomic E-state index is 12.1. The summed E-state index contributed by atoms with van der Waals surface area (Å²) < 4.78 is 13.0. The van der Waals surface area contributed by atoms with E-state index in [4.69, 9.17) is 9.47 Å². The fourth-order valence-electron chi connectivity index (χ4n) is 2.57. The molecule has 1 aliphatic heterocycles. The van der Waals surface area contributed by atoms with E-state index in [1.165, 1.54) is 18.7 Å². The molecule has 0 aliphatic carbocycles. The molecule has 2 aromatic rings. The molecule has 0 saturated carbocycles. The molecule has 3 rings (SSSR count). The number of hydrogen-bond acceptors (Lipinski definition) is 8. The molecule has 10 heteroatoms. The van der Waals surface area contributed by atoms with Crippen LogP contribution in [0.5, 0.6) is 6.01 Å².